The van der Waals surface area contributed by atoms with Gasteiger partial charge in [-0.1, -0.05) is 17.7 Å². The minimum Gasteiger partial charge on any atom is -0.454 e. The number of aromatic nitrogens is 3. The number of rotatable bonds is 3. The number of hydrogen-bond acceptors (Lipinski definition) is 7. The van der Waals surface area contributed by atoms with Crippen molar-refractivity contribution in [1.29, 1.82) is 0 Å². The van der Waals surface area contributed by atoms with Crippen LogP contribution in [0.1, 0.15) is 5.56 Å². The number of anilines is 2. The van der Waals surface area contributed by atoms with E-state index in [0.29, 0.717) is 5.95 Å². The highest BCUT2D eigenvalue weighted by Gasteiger charge is 2.22. The summed E-state index contributed by atoms with van der Waals surface area (Å²) in [6.07, 6.45) is 1.67. The predicted octanol–water partition coefficient (Wildman–Crippen LogP) is 3.56. The van der Waals surface area contributed by atoms with E-state index in [1.165, 1.54) is 11.3 Å². The molecular formula is C21H20ClN5O2. The number of hydrogen-bond donors (Lipinski definition) is 0. The van der Waals surface area contributed by atoms with Crippen molar-refractivity contribution in [2.24, 2.45) is 0 Å². The van der Waals surface area contributed by atoms with E-state index in [1.807, 2.05) is 30.3 Å². The molecule has 0 unspecified atom stereocenters. The zero-order valence-electron chi connectivity index (χ0n) is 16.0. The molecule has 8 heteroatoms. The van der Waals surface area contributed by atoms with Gasteiger partial charge in [-0.05, 0) is 42.8 Å². The molecule has 3 aromatic rings. The predicted molar refractivity (Wildman–Crippen MR) is 112 cm³/mol. The van der Waals surface area contributed by atoms with Gasteiger partial charge in [0.1, 0.15) is 0 Å². The molecule has 7 nitrogen and oxygen atoms in total. The minimum atomic E-state index is 0.252. The van der Waals surface area contributed by atoms with E-state index in [4.69, 9.17) is 26.1 Å². The van der Waals surface area contributed by atoms with E-state index in [2.05, 4.69) is 33.0 Å². The molecule has 2 aliphatic heterocycles. The zero-order valence-corrected chi connectivity index (χ0v) is 16.8. The molecule has 0 radical (unpaired) electrons. The van der Waals surface area contributed by atoms with Crippen LogP contribution in [0.3, 0.4) is 0 Å². The summed E-state index contributed by atoms with van der Waals surface area (Å²) in [5.74, 6) is 2.12. The van der Waals surface area contributed by atoms with Crippen LogP contribution in [0.2, 0.25) is 5.02 Å². The largest absolute Gasteiger partial charge is 0.454 e. The number of piperazine rings is 1. The first-order valence-corrected chi connectivity index (χ1v) is 9.91. The van der Waals surface area contributed by atoms with E-state index in [9.17, 15) is 0 Å². The number of halogens is 1. The first-order chi connectivity index (χ1) is 14.2. The first-order valence-electron chi connectivity index (χ1n) is 9.53. The van der Waals surface area contributed by atoms with Gasteiger partial charge in [-0.2, -0.15) is 5.10 Å². The van der Waals surface area contributed by atoms with Crippen molar-refractivity contribution in [3.63, 3.8) is 0 Å². The van der Waals surface area contributed by atoms with Gasteiger partial charge in [-0.15, -0.1) is 5.10 Å². The lowest BCUT2D eigenvalue weighted by Gasteiger charge is -2.36. The second-order valence-corrected chi connectivity index (χ2v) is 7.55. The van der Waals surface area contributed by atoms with E-state index in [0.717, 1.165) is 54.0 Å². The Bertz CT molecular complexity index is 1050. The molecule has 1 saturated heterocycles. The maximum absolute atomic E-state index is 6.19. The summed E-state index contributed by atoms with van der Waals surface area (Å²) in [7, 11) is 0. The van der Waals surface area contributed by atoms with E-state index in [-0.39, 0.29) is 6.79 Å². The second-order valence-electron chi connectivity index (χ2n) is 7.11. The quantitative estimate of drug-likeness (QED) is 0.655. The third kappa shape index (κ3) is 3.53. The van der Waals surface area contributed by atoms with Gasteiger partial charge in [-0.25, -0.2) is 4.98 Å². The van der Waals surface area contributed by atoms with Gasteiger partial charge in [0, 0.05) is 42.5 Å². The van der Waals surface area contributed by atoms with Crippen LogP contribution in [-0.2, 0) is 0 Å². The molecule has 0 atom stereocenters. The highest BCUT2D eigenvalue weighted by Crippen LogP contribution is 2.35. The lowest BCUT2D eigenvalue weighted by molar-refractivity contribution is 0.174. The fraction of sp³-hybridized carbons (Fsp3) is 0.286. The van der Waals surface area contributed by atoms with Crippen molar-refractivity contribution < 1.29 is 9.47 Å². The molecule has 29 heavy (non-hydrogen) atoms. The molecule has 3 heterocycles. The first kappa shape index (κ1) is 18.0. The van der Waals surface area contributed by atoms with Crippen LogP contribution >= 0.6 is 11.6 Å². The minimum absolute atomic E-state index is 0.252. The Labute approximate surface area is 173 Å². The van der Waals surface area contributed by atoms with Gasteiger partial charge in [0.2, 0.25) is 12.7 Å². The molecule has 0 saturated carbocycles. The molecular weight excluding hydrogens is 390 g/mol. The SMILES string of the molecule is Cc1ccc(Cl)cc1N1CCN(c2nncc(-c3ccc4c(c3)OCO4)n2)CC1. The van der Waals surface area contributed by atoms with Crippen molar-refractivity contribution in [3.8, 4) is 22.8 Å². The molecule has 0 amide bonds. The number of benzene rings is 2. The molecule has 0 N–H and O–H groups in total. The maximum atomic E-state index is 6.19. The van der Waals surface area contributed by atoms with Gasteiger partial charge in [-0.3, -0.25) is 0 Å². The summed E-state index contributed by atoms with van der Waals surface area (Å²) in [5.41, 5.74) is 4.11. The van der Waals surface area contributed by atoms with Crippen LogP contribution in [0.5, 0.6) is 11.5 Å². The lowest BCUT2D eigenvalue weighted by atomic mass is 10.1. The fourth-order valence-corrected chi connectivity index (χ4v) is 3.86. The van der Waals surface area contributed by atoms with E-state index in [1.54, 1.807) is 6.20 Å². The molecule has 1 aromatic heterocycles. The normalized spacial score (nSPS) is 15.7. The fourth-order valence-electron chi connectivity index (χ4n) is 3.69. The summed E-state index contributed by atoms with van der Waals surface area (Å²) >= 11 is 6.19. The molecule has 148 valence electrons. The Hall–Kier alpha value is -3.06. The summed E-state index contributed by atoms with van der Waals surface area (Å²) in [4.78, 5) is 9.26. The van der Waals surface area contributed by atoms with E-state index >= 15 is 0 Å². The average molecular weight is 410 g/mol. The topological polar surface area (TPSA) is 63.6 Å². The van der Waals surface area contributed by atoms with Crippen molar-refractivity contribution in [3.05, 3.63) is 53.2 Å². The number of nitrogens with zero attached hydrogens (tertiary/aromatic N) is 5. The summed E-state index contributed by atoms with van der Waals surface area (Å²) < 4.78 is 10.8. The highest BCUT2D eigenvalue weighted by molar-refractivity contribution is 6.30. The smallest absolute Gasteiger partial charge is 0.246 e. The van der Waals surface area contributed by atoms with Gasteiger partial charge < -0.3 is 19.3 Å². The standard InChI is InChI=1S/C21H20ClN5O2/c1-14-2-4-16(22)11-18(14)26-6-8-27(9-7-26)21-24-17(12-23-25-21)15-3-5-19-20(10-15)29-13-28-19/h2-5,10-12H,6-9,13H2,1H3. The van der Waals surface area contributed by atoms with Crippen LogP contribution in [0.25, 0.3) is 11.3 Å². The van der Waals surface area contributed by atoms with Crippen molar-refractivity contribution in [2.75, 3.05) is 42.8 Å². The third-order valence-electron chi connectivity index (χ3n) is 5.29. The monoisotopic (exact) mass is 409 g/mol. The van der Waals surface area contributed by atoms with Crippen molar-refractivity contribution >= 4 is 23.2 Å². The van der Waals surface area contributed by atoms with Crippen LogP contribution in [0, 0.1) is 6.92 Å². The van der Waals surface area contributed by atoms with Crippen LogP contribution < -0.4 is 19.3 Å². The van der Waals surface area contributed by atoms with E-state index < -0.39 is 0 Å². The Morgan fingerprint density at radius 2 is 1.72 bits per heavy atom. The van der Waals surface area contributed by atoms with Crippen molar-refractivity contribution in [1.82, 2.24) is 15.2 Å². The van der Waals surface area contributed by atoms with Crippen LogP contribution in [0.4, 0.5) is 11.6 Å². The lowest BCUT2D eigenvalue weighted by Crippen LogP contribution is -2.47. The molecule has 0 bridgehead atoms. The van der Waals surface area contributed by atoms with Gasteiger partial charge in [0.15, 0.2) is 11.5 Å². The summed E-state index contributed by atoms with van der Waals surface area (Å²) in [6.45, 7) is 5.75. The summed E-state index contributed by atoms with van der Waals surface area (Å²) in [5, 5.41) is 9.20. The van der Waals surface area contributed by atoms with Crippen LogP contribution in [0.15, 0.2) is 42.6 Å². The number of aryl methyl sites for hydroxylation is 1. The number of fused-ring (bicyclic) bond motifs is 1. The maximum Gasteiger partial charge on any atom is 0.246 e. The Morgan fingerprint density at radius 1 is 0.931 bits per heavy atom. The van der Waals surface area contributed by atoms with Crippen LogP contribution in [-0.4, -0.2) is 48.2 Å². The molecule has 1 fully saturated rings. The summed E-state index contributed by atoms with van der Waals surface area (Å²) in [6, 6.07) is 11.8. The Morgan fingerprint density at radius 3 is 2.59 bits per heavy atom. The Kier molecular flexibility index (Phi) is 4.60. The number of ether oxygens (including phenoxy) is 2. The molecule has 0 spiro atoms. The molecule has 2 aromatic carbocycles. The van der Waals surface area contributed by atoms with Gasteiger partial charge in [0.25, 0.3) is 0 Å². The average Bonchev–Trinajstić information content (AvgIpc) is 3.24. The molecule has 5 rings (SSSR count). The van der Waals surface area contributed by atoms with Gasteiger partial charge >= 0.3 is 0 Å². The Balaban J connectivity index is 1.33. The molecule has 2 aliphatic rings. The zero-order chi connectivity index (χ0) is 19.8. The highest BCUT2D eigenvalue weighted by atomic mass is 35.5. The third-order valence-corrected chi connectivity index (χ3v) is 5.53. The van der Waals surface area contributed by atoms with Crippen molar-refractivity contribution in [2.45, 2.75) is 6.92 Å². The van der Waals surface area contributed by atoms with Gasteiger partial charge in [0.05, 0.1) is 11.9 Å². The molecule has 0 aliphatic carbocycles. The second kappa shape index (κ2) is 7.40.